The zero-order chi connectivity index (χ0) is 12.3. The van der Waals surface area contributed by atoms with Crippen LogP contribution in [0.5, 0.6) is 0 Å². The van der Waals surface area contributed by atoms with E-state index in [1.807, 2.05) is 24.3 Å². The molecule has 0 aliphatic carbocycles. The van der Waals surface area contributed by atoms with Gasteiger partial charge in [-0.15, -0.1) is 0 Å². The van der Waals surface area contributed by atoms with Crippen molar-refractivity contribution in [3.8, 4) is 0 Å². The van der Waals surface area contributed by atoms with Crippen molar-refractivity contribution in [1.82, 2.24) is 0 Å². The molecule has 1 fully saturated rings. The topological polar surface area (TPSA) is 49.7 Å². The molecular weight excluding hydrogens is 216 g/mol. The van der Waals surface area contributed by atoms with Gasteiger partial charge in [-0.25, -0.2) is 9.79 Å². The Kier molecular flexibility index (Phi) is 3.35. The normalized spacial score (nSPS) is 19.2. The van der Waals surface area contributed by atoms with Crippen molar-refractivity contribution >= 4 is 17.7 Å². The molecule has 0 saturated carbocycles. The van der Waals surface area contributed by atoms with Crippen LogP contribution in [0, 0.1) is 0 Å². The van der Waals surface area contributed by atoms with Crippen molar-refractivity contribution in [2.75, 3.05) is 11.4 Å². The predicted molar refractivity (Wildman–Crippen MR) is 64.7 cm³/mol. The van der Waals surface area contributed by atoms with Crippen LogP contribution in [0.1, 0.15) is 18.9 Å². The lowest BCUT2D eigenvalue weighted by atomic mass is 10.1. The number of hydrogen-bond donors (Lipinski definition) is 0. The molecule has 0 spiro atoms. The van der Waals surface area contributed by atoms with Crippen molar-refractivity contribution in [2.45, 2.75) is 25.8 Å². The van der Waals surface area contributed by atoms with Gasteiger partial charge in [-0.05, 0) is 24.1 Å². The number of isocyanates is 1. The standard InChI is InChI=1S/C13H14N2O2/c1-2-10-3-5-12(6-4-10)15-8-11(14-9-16)7-13(15)17/h3-6,11H,2,7-8H2,1H3. The number of carbonyl (C=O) groups is 1. The van der Waals surface area contributed by atoms with E-state index < -0.39 is 0 Å². The summed E-state index contributed by atoms with van der Waals surface area (Å²) < 4.78 is 0. The molecule has 1 aliphatic heterocycles. The molecule has 1 unspecified atom stereocenters. The Labute approximate surface area is 100.0 Å². The van der Waals surface area contributed by atoms with Crippen molar-refractivity contribution in [3.63, 3.8) is 0 Å². The minimum absolute atomic E-state index is 0.0123. The van der Waals surface area contributed by atoms with Crippen LogP contribution in [0.15, 0.2) is 29.3 Å². The van der Waals surface area contributed by atoms with E-state index in [4.69, 9.17) is 0 Å². The summed E-state index contributed by atoms with van der Waals surface area (Å²) in [6.07, 6.45) is 2.79. The van der Waals surface area contributed by atoms with Crippen LogP contribution in [-0.2, 0) is 16.0 Å². The van der Waals surface area contributed by atoms with E-state index in [-0.39, 0.29) is 11.9 Å². The number of hydrogen-bond acceptors (Lipinski definition) is 3. The average Bonchev–Trinajstić information content (AvgIpc) is 2.71. The van der Waals surface area contributed by atoms with Crippen LogP contribution in [0.2, 0.25) is 0 Å². The van der Waals surface area contributed by atoms with Gasteiger partial charge in [0.2, 0.25) is 12.0 Å². The molecule has 1 amide bonds. The molecule has 4 heteroatoms. The fourth-order valence-corrected chi connectivity index (χ4v) is 2.01. The zero-order valence-corrected chi connectivity index (χ0v) is 9.72. The molecule has 1 saturated heterocycles. The summed E-state index contributed by atoms with van der Waals surface area (Å²) in [5, 5.41) is 0. The first-order valence-electron chi connectivity index (χ1n) is 5.71. The Morgan fingerprint density at radius 2 is 2.12 bits per heavy atom. The Hall–Kier alpha value is -1.93. The molecule has 0 aromatic heterocycles. The second-order valence-electron chi connectivity index (χ2n) is 4.10. The fourth-order valence-electron chi connectivity index (χ4n) is 2.01. The number of benzene rings is 1. The second-order valence-corrected chi connectivity index (χ2v) is 4.10. The Morgan fingerprint density at radius 1 is 1.41 bits per heavy atom. The first-order chi connectivity index (χ1) is 8.24. The van der Waals surface area contributed by atoms with Crippen LogP contribution < -0.4 is 4.90 Å². The average molecular weight is 230 g/mol. The van der Waals surface area contributed by atoms with Gasteiger partial charge >= 0.3 is 0 Å². The van der Waals surface area contributed by atoms with Gasteiger partial charge in [0.25, 0.3) is 0 Å². The minimum Gasteiger partial charge on any atom is -0.310 e. The molecule has 2 rings (SSSR count). The third kappa shape index (κ3) is 2.43. The largest absolute Gasteiger partial charge is 0.310 e. The highest BCUT2D eigenvalue weighted by molar-refractivity contribution is 5.96. The fraction of sp³-hybridized carbons (Fsp3) is 0.385. The second kappa shape index (κ2) is 4.93. The first kappa shape index (κ1) is 11.6. The van der Waals surface area contributed by atoms with Gasteiger partial charge in [0, 0.05) is 12.2 Å². The molecule has 0 radical (unpaired) electrons. The highest BCUT2D eigenvalue weighted by atomic mass is 16.2. The summed E-state index contributed by atoms with van der Waals surface area (Å²) in [6.45, 7) is 2.56. The minimum atomic E-state index is -0.245. The van der Waals surface area contributed by atoms with Crippen molar-refractivity contribution in [1.29, 1.82) is 0 Å². The third-order valence-electron chi connectivity index (χ3n) is 3.00. The predicted octanol–water partition coefficient (Wildman–Crippen LogP) is 1.69. The number of amides is 1. The molecule has 1 aliphatic rings. The number of nitrogens with zero attached hydrogens (tertiary/aromatic N) is 2. The number of carbonyl (C=O) groups excluding carboxylic acids is 2. The number of anilines is 1. The van der Waals surface area contributed by atoms with E-state index in [2.05, 4.69) is 11.9 Å². The van der Waals surface area contributed by atoms with Gasteiger partial charge < -0.3 is 4.90 Å². The van der Waals surface area contributed by atoms with Crippen LogP contribution in [0.4, 0.5) is 5.69 Å². The summed E-state index contributed by atoms with van der Waals surface area (Å²) in [7, 11) is 0. The van der Waals surface area contributed by atoms with Crippen molar-refractivity contribution < 1.29 is 9.59 Å². The summed E-state index contributed by atoms with van der Waals surface area (Å²) in [5.74, 6) is 0.0123. The summed E-state index contributed by atoms with van der Waals surface area (Å²) in [5.41, 5.74) is 2.11. The first-order valence-corrected chi connectivity index (χ1v) is 5.71. The summed E-state index contributed by atoms with van der Waals surface area (Å²) in [4.78, 5) is 27.2. The maximum Gasteiger partial charge on any atom is 0.235 e. The Balaban J connectivity index is 2.16. The highest BCUT2D eigenvalue weighted by Crippen LogP contribution is 2.23. The lowest BCUT2D eigenvalue weighted by Crippen LogP contribution is -2.24. The SMILES string of the molecule is CCc1ccc(N2CC(N=C=O)CC2=O)cc1. The molecule has 1 aromatic rings. The summed E-state index contributed by atoms with van der Waals surface area (Å²) in [6, 6.07) is 7.65. The lowest BCUT2D eigenvalue weighted by Gasteiger charge is -2.16. The van der Waals surface area contributed by atoms with E-state index in [9.17, 15) is 9.59 Å². The van der Waals surface area contributed by atoms with Crippen molar-refractivity contribution in [2.24, 2.45) is 4.99 Å². The zero-order valence-electron chi connectivity index (χ0n) is 9.72. The van der Waals surface area contributed by atoms with Gasteiger partial charge in [0.15, 0.2) is 0 Å². The van der Waals surface area contributed by atoms with E-state index in [0.29, 0.717) is 13.0 Å². The molecule has 0 bridgehead atoms. The Morgan fingerprint density at radius 3 is 2.71 bits per heavy atom. The monoisotopic (exact) mass is 230 g/mol. The van der Waals surface area contributed by atoms with Gasteiger partial charge in [-0.1, -0.05) is 19.1 Å². The third-order valence-corrected chi connectivity index (χ3v) is 3.00. The molecule has 17 heavy (non-hydrogen) atoms. The summed E-state index contributed by atoms with van der Waals surface area (Å²) >= 11 is 0. The Bertz CT molecular complexity index is 461. The van der Waals surface area contributed by atoms with Gasteiger partial charge in [-0.2, -0.15) is 0 Å². The molecule has 1 aromatic carbocycles. The smallest absolute Gasteiger partial charge is 0.235 e. The molecule has 88 valence electrons. The van der Waals surface area contributed by atoms with Gasteiger partial charge in [-0.3, -0.25) is 4.79 Å². The van der Waals surface area contributed by atoms with E-state index in [1.54, 1.807) is 4.90 Å². The van der Waals surface area contributed by atoms with Crippen LogP contribution in [-0.4, -0.2) is 24.6 Å². The number of rotatable bonds is 3. The molecule has 4 nitrogen and oxygen atoms in total. The number of aryl methyl sites for hydroxylation is 1. The van der Waals surface area contributed by atoms with Crippen LogP contribution >= 0.6 is 0 Å². The van der Waals surface area contributed by atoms with E-state index in [0.717, 1.165) is 12.1 Å². The number of aliphatic imine (C=N–C) groups is 1. The maximum absolute atomic E-state index is 11.8. The van der Waals surface area contributed by atoms with E-state index in [1.165, 1.54) is 11.6 Å². The highest BCUT2D eigenvalue weighted by Gasteiger charge is 2.30. The molecule has 1 heterocycles. The quantitative estimate of drug-likeness (QED) is 0.586. The van der Waals surface area contributed by atoms with E-state index >= 15 is 0 Å². The van der Waals surface area contributed by atoms with Crippen LogP contribution in [0.25, 0.3) is 0 Å². The van der Waals surface area contributed by atoms with Gasteiger partial charge in [0.1, 0.15) is 0 Å². The van der Waals surface area contributed by atoms with Crippen molar-refractivity contribution in [3.05, 3.63) is 29.8 Å². The van der Waals surface area contributed by atoms with Gasteiger partial charge in [0.05, 0.1) is 12.5 Å². The molecular formula is C13H14N2O2. The molecule has 1 atom stereocenters. The molecule has 0 N–H and O–H groups in total. The lowest BCUT2D eigenvalue weighted by molar-refractivity contribution is -0.117. The maximum atomic E-state index is 11.8. The van der Waals surface area contributed by atoms with Crippen LogP contribution in [0.3, 0.4) is 0 Å².